The minimum atomic E-state index is 0.323. The zero-order chi connectivity index (χ0) is 14.5. The van der Waals surface area contributed by atoms with Crippen molar-refractivity contribution in [2.24, 2.45) is 0 Å². The Bertz CT molecular complexity index is 889. The molecule has 108 valence electrons. The predicted molar refractivity (Wildman–Crippen MR) is 82.7 cm³/mol. The highest BCUT2D eigenvalue weighted by Crippen LogP contribution is 2.51. The summed E-state index contributed by atoms with van der Waals surface area (Å²) in [4.78, 5) is 0. The van der Waals surface area contributed by atoms with E-state index in [1.165, 1.54) is 0 Å². The lowest BCUT2D eigenvalue weighted by Crippen LogP contribution is -2.21. The molecule has 2 atom stereocenters. The fourth-order valence-corrected chi connectivity index (χ4v) is 3.48. The van der Waals surface area contributed by atoms with Gasteiger partial charge < -0.3 is 9.05 Å². The van der Waals surface area contributed by atoms with Gasteiger partial charge in [0, 0.05) is 22.6 Å². The number of fused-ring (bicyclic) bond motifs is 2. The molecule has 4 nitrogen and oxygen atoms in total. The lowest BCUT2D eigenvalue weighted by molar-refractivity contribution is 0.231. The van der Waals surface area contributed by atoms with E-state index in [0.717, 1.165) is 46.2 Å². The molecule has 0 saturated heterocycles. The molecule has 1 saturated carbocycles. The van der Waals surface area contributed by atoms with Gasteiger partial charge in [-0.25, -0.2) is 0 Å². The zero-order valence-corrected chi connectivity index (χ0v) is 11.9. The number of benzene rings is 2. The van der Waals surface area contributed by atoms with Gasteiger partial charge in [-0.3, -0.25) is 0 Å². The first kappa shape index (κ1) is 12.0. The van der Waals surface area contributed by atoms with Crippen LogP contribution >= 0.6 is 0 Å². The average Bonchev–Trinajstić information content (AvgIpc) is 3.12. The Labute approximate surface area is 126 Å². The Morgan fingerprint density at radius 2 is 1.14 bits per heavy atom. The molecule has 22 heavy (non-hydrogen) atoms. The molecule has 0 N–H and O–H groups in total. The molecule has 0 radical (unpaired) electrons. The van der Waals surface area contributed by atoms with Crippen LogP contribution in [0.15, 0.2) is 57.6 Å². The molecule has 0 aliphatic heterocycles. The minimum absolute atomic E-state index is 0.323. The van der Waals surface area contributed by atoms with Crippen molar-refractivity contribution in [2.45, 2.75) is 24.7 Å². The molecule has 2 heterocycles. The molecule has 2 aromatic carbocycles. The summed E-state index contributed by atoms with van der Waals surface area (Å²) in [7, 11) is 0. The molecule has 4 heteroatoms. The van der Waals surface area contributed by atoms with E-state index < -0.39 is 0 Å². The quantitative estimate of drug-likeness (QED) is 0.540. The van der Waals surface area contributed by atoms with Crippen LogP contribution in [0, 0.1) is 0 Å². The van der Waals surface area contributed by atoms with Crippen LogP contribution in [0.4, 0.5) is 0 Å². The van der Waals surface area contributed by atoms with Crippen molar-refractivity contribution in [1.82, 2.24) is 10.3 Å². The Hall–Kier alpha value is -2.62. The van der Waals surface area contributed by atoms with Crippen LogP contribution in [0.2, 0.25) is 0 Å². The SMILES string of the molecule is c1ccc2c([C@@H]3CC[C@H]3c3onc4ccccc34)onc2c1. The normalized spacial score (nSPS) is 21.3. The summed E-state index contributed by atoms with van der Waals surface area (Å²) in [6.45, 7) is 0. The minimum Gasteiger partial charge on any atom is -0.360 e. The first-order valence-electron chi connectivity index (χ1n) is 7.60. The van der Waals surface area contributed by atoms with Crippen molar-refractivity contribution in [3.8, 4) is 0 Å². The Kier molecular flexibility index (Phi) is 2.41. The topological polar surface area (TPSA) is 52.1 Å². The van der Waals surface area contributed by atoms with E-state index in [0.29, 0.717) is 11.8 Å². The fraction of sp³-hybridized carbons (Fsp3) is 0.222. The summed E-state index contributed by atoms with van der Waals surface area (Å²) in [6, 6.07) is 16.2. The third kappa shape index (κ3) is 1.58. The van der Waals surface area contributed by atoms with Crippen molar-refractivity contribution in [2.75, 3.05) is 0 Å². The average molecular weight is 290 g/mol. The van der Waals surface area contributed by atoms with Crippen LogP contribution in [0.1, 0.15) is 36.2 Å². The molecule has 0 amide bonds. The summed E-state index contributed by atoms with van der Waals surface area (Å²) in [5.41, 5.74) is 1.84. The van der Waals surface area contributed by atoms with Gasteiger partial charge in [0.2, 0.25) is 0 Å². The van der Waals surface area contributed by atoms with E-state index >= 15 is 0 Å². The molecule has 1 aliphatic carbocycles. The van der Waals surface area contributed by atoms with Crippen molar-refractivity contribution in [1.29, 1.82) is 0 Å². The Morgan fingerprint density at radius 3 is 1.59 bits per heavy atom. The van der Waals surface area contributed by atoms with E-state index in [4.69, 9.17) is 9.05 Å². The number of aromatic nitrogens is 2. The third-order valence-corrected chi connectivity index (χ3v) is 4.77. The molecule has 0 unspecified atom stereocenters. The zero-order valence-electron chi connectivity index (χ0n) is 11.9. The van der Waals surface area contributed by atoms with Gasteiger partial charge in [-0.05, 0) is 37.1 Å². The van der Waals surface area contributed by atoms with Gasteiger partial charge >= 0.3 is 0 Å². The van der Waals surface area contributed by atoms with E-state index in [1.807, 2.05) is 36.4 Å². The van der Waals surface area contributed by atoms with Gasteiger partial charge in [-0.15, -0.1) is 0 Å². The lowest BCUT2D eigenvalue weighted by atomic mass is 9.70. The molecule has 0 bridgehead atoms. The standard InChI is InChI=1S/C18H14N2O2/c1-3-7-15-13(5-1)17(21-19-15)11-9-10-12(11)18-14-6-2-4-8-16(14)20-22-18/h1-8,11-12H,9-10H2/t11-,12-/m1/s1. The van der Waals surface area contributed by atoms with Gasteiger partial charge in [0.1, 0.15) is 22.6 Å². The third-order valence-electron chi connectivity index (χ3n) is 4.77. The fourth-order valence-electron chi connectivity index (χ4n) is 3.48. The lowest BCUT2D eigenvalue weighted by Gasteiger charge is -2.33. The highest BCUT2D eigenvalue weighted by molar-refractivity contribution is 5.83. The maximum atomic E-state index is 5.65. The van der Waals surface area contributed by atoms with Crippen molar-refractivity contribution in [3.05, 3.63) is 60.1 Å². The summed E-state index contributed by atoms with van der Waals surface area (Å²) in [5, 5.41) is 10.6. The maximum absolute atomic E-state index is 5.65. The van der Waals surface area contributed by atoms with Crippen LogP contribution in [0.25, 0.3) is 21.8 Å². The molecule has 0 spiro atoms. The van der Waals surface area contributed by atoms with Crippen LogP contribution in [-0.4, -0.2) is 10.3 Å². The number of hydrogen-bond donors (Lipinski definition) is 0. The van der Waals surface area contributed by atoms with Crippen molar-refractivity contribution in [3.63, 3.8) is 0 Å². The number of nitrogens with zero attached hydrogens (tertiary/aromatic N) is 2. The van der Waals surface area contributed by atoms with E-state index in [1.54, 1.807) is 0 Å². The van der Waals surface area contributed by atoms with Gasteiger partial charge in [0.05, 0.1) is 0 Å². The van der Waals surface area contributed by atoms with Gasteiger partial charge in [-0.2, -0.15) is 0 Å². The molecule has 4 aromatic rings. The van der Waals surface area contributed by atoms with Crippen molar-refractivity contribution >= 4 is 21.8 Å². The highest BCUT2D eigenvalue weighted by Gasteiger charge is 2.40. The smallest absolute Gasteiger partial charge is 0.148 e. The van der Waals surface area contributed by atoms with Crippen molar-refractivity contribution < 1.29 is 9.05 Å². The molecule has 2 aromatic heterocycles. The summed E-state index contributed by atoms with van der Waals surface area (Å²) < 4.78 is 11.3. The largest absolute Gasteiger partial charge is 0.360 e. The molecule has 1 aliphatic rings. The van der Waals surface area contributed by atoms with Crippen LogP contribution in [0.5, 0.6) is 0 Å². The molecular formula is C18H14N2O2. The van der Waals surface area contributed by atoms with E-state index in [2.05, 4.69) is 22.4 Å². The molecular weight excluding hydrogens is 276 g/mol. The monoisotopic (exact) mass is 290 g/mol. The summed E-state index contributed by atoms with van der Waals surface area (Å²) >= 11 is 0. The van der Waals surface area contributed by atoms with Crippen LogP contribution < -0.4 is 0 Å². The van der Waals surface area contributed by atoms with Crippen LogP contribution in [-0.2, 0) is 0 Å². The van der Waals surface area contributed by atoms with Gasteiger partial charge in [0.15, 0.2) is 0 Å². The summed E-state index contributed by atoms with van der Waals surface area (Å²) in [5.74, 6) is 2.60. The Balaban J connectivity index is 1.60. The molecule has 1 fully saturated rings. The van der Waals surface area contributed by atoms with E-state index in [9.17, 15) is 0 Å². The number of rotatable bonds is 2. The van der Waals surface area contributed by atoms with Gasteiger partial charge in [0.25, 0.3) is 0 Å². The second-order valence-electron chi connectivity index (χ2n) is 5.92. The molecule has 5 rings (SSSR count). The number of hydrogen-bond acceptors (Lipinski definition) is 4. The second kappa shape index (κ2) is 4.44. The second-order valence-corrected chi connectivity index (χ2v) is 5.92. The first-order chi connectivity index (χ1) is 10.9. The van der Waals surface area contributed by atoms with Gasteiger partial charge in [-0.1, -0.05) is 34.6 Å². The summed E-state index contributed by atoms with van der Waals surface area (Å²) in [6.07, 6.45) is 2.19. The highest BCUT2D eigenvalue weighted by atomic mass is 16.5. The Morgan fingerprint density at radius 1 is 0.682 bits per heavy atom. The maximum Gasteiger partial charge on any atom is 0.148 e. The predicted octanol–water partition coefficient (Wildman–Crippen LogP) is 4.63. The van der Waals surface area contributed by atoms with Crippen LogP contribution in [0.3, 0.4) is 0 Å². The van der Waals surface area contributed by atoms with E-state index in [-0.39, 0.29) is 0 Å². The first-order valence-corrected chi connectivity index (χ1v) is 7.60.